The van der Waals surface area contributed by atoms with Crippen LogP contribution in [0.5, 0.6) is 0 Å². The number of aryl methyl sites for hydroxylation is 1. The second-order valence-corrected chi connectivity index (χ2v) is 6.08. The van der Waals surface area contributed by atoms with E-state index in [1.807, 2.05) is 34.7 Å². The zero-order valence-corrected chi connectivity index (χ0v) is 13.7. The highest BCUT2D eigenvalue weighted by Crippen LogP contribution is 2.26. The van der Waals surface area contributed by atoms with Crippen molar-refractivity contribution in [1.29, 1.82) is 0 Å². The minimum absolute atomic E-state index is 0.0358. The number of ether oxygens (including phenoxy) is 1. The Balaban J connectivity index is 1.69. The standard InChI is InChI=1S/C17H19N5O2/c1-21-15(17(23)22-6-5-13(22)10-24-2)7-11-3-4-14(20-16(11)21)12-8-18-19-9-12/h3-4,7-9,13H,5-6,10H2,1-2H3,(H,18,19)/t13-/m1/s1. The molecule has 0 aliphatic carbocycles. The normalized spacial score (nSPS) is 17.2. The fraction of sp³-hybridized carbons (Fsp3) is 0.353. The third-order valence-electron chi connectivity index (χ3n) is 4.65. The first-order valence-electron chi connectivity index (χ1n) is 7.94. The van der Waals surface area contributed by atoms with Crippen molar-refractivity contribution in [2.24, 2.45) is 7.05 Å². The number of amides is 1. The van der Waals surface area contributed by atoms with Crippen molar-refractivity contribution in [1.82, 2.24) is 24.6 Å². The molecule has 0 spiro atoms. The Bertz CT molecular complexity index is 884. The first-order valence-corrected chi connectivity index (χ1v) is 7.94. The first-order chi connectivity index (χ1) is 11.7. The fourth-order valence-corrected chi connectivity index (χ4v) is 3.18. The molecule has 24 heavy (non-hydrogen) atoms. The minimum Gasteiger partial charge on any atom is -0.383 e. The van der Waals surface area contributed by atoms with Crippen molar-refractivity contribution in [2.75, 3.05) is 20.3 Å². The van der Waals surface area contributed by atoms with Gasteiger partial charge in [0.15, 0.2) is 0 Å². The average molecular weight is 325 g/mol. The highest BCUT2D eigenvalue weighted by Gasteiger charge is 2.34. The second-order valence-electron chi connectivity index (χ2n) is 6.08. The number of aromatic nitrogens is 4. The van der Waals surface area contributed by atoms with Gasteiger partial charge in [-0.25, -0.2) is 4.98 Å². The van der Waals surface area contributed by atoms with Crippen LogP contribution in [0.4, 0.5) is 0 Å². The van der Waals surface area contributed by atoms with Crippen LogP contribution in [0.15, 0.2) is 30.6 Å². The van der Waals surface area contributed by atoms with Crippen molar-refractivity contribution in [3.63, 3.8) is 0 Å². The van der Waals surface area contributed by atoms with E-state index >= 15 is 0 Å². The number of methoxy groups -OCH3 is 1. The van der Waals surface area contributed by atoms with Gasteiger partial charge in [0, 0.05) is 37.8 Å². The van der Waals surface area contributed by atoms with Gasteiger partial charge in [-0.05, 0) is 24.6 Å². The predicted octanol–water partition coefficient (Wildman–Crippen LogP) is 1.82. The number of carbonyl (C=O) groups is 1. The van der Waals surface area contributed by atoms with E-state index in [-0.39, 0.29) is 11.9 Å². The third-order valence-corrected chi connectivity index (χ3v) is 4.65. The van der Waals surface area contributed by atoms with Crippen LogP contribution in [-0.2, 0) is 11.8 Å². The molecule has 1 amide bonds. The van der Waals surface area contributed by atoms with Gasteiger partial charge < -0.3 is 14.2 Å². The summed E-state index contributed by atoms with van der Waals surface area (Å²) in [6.45, 7) is 1.36. The van der Waals surface area contributed by atoms with E-state index in [0.717, 1.165) is 35.3 Å². The van der Waals surface area contributed by atoms with Gasteiger partial charge in [0.2, 0.25) is 0 Å². The summed E-state index contributed by atoms with van der Waals surface area (Å²) in [7, 11) is 3.55. The molecule has 1 saturated heterocycles. The lowest BCUT2D eigenvalue weighted by Crippen LogP contribution is -2.53. The van der Waals surface area contributed by atoms with Gasteiger partial charge in [0.05, 0.1) is 24.5 Å². The lowest BCUT2D eigenvalue weighted by Gasteiger charge is -2.40. The number of likely N-dealkylation sites (tertiary alicyclic amines) is 1. The van der Waals surface area contributed by atoms with Crippen LogP contribution in [0.1, 0.15) is 16.9 Å². The SMILES string of the molecule is COC[C@H]1CCN1C(=O)c1cc2ccc(-c3cn[nH]c3)nc2n1C. The summed E-state index contributed by atoms with van der Waals surface area (Å²) in [5, 5.41) is 7.71. The second kappa shape index (κ2) is 5.76. The number of carbonyl (C=O) groups excluding carboxylic acids is 1. The van der Waals surface area contributed by atoms with E-state index in [9.17, 15) is 4.79 Å². The fourth-order valence-electron chi connectivity index (χ4n) is 3.18. The molecule has 1 N–H and O–H groups in total. The summed E-state index contributed by atoms with van der Waals surface area (Å²) in [6.07, 6.45) is 4.53. The summed E-state index contributed by atoms with van der Waals surface area (Å²) in [4.78, 5) is 19.4. The number of pyridine rings is 1. The van der Waals surface area contributed by atoms with Crippen LogP contribution in [0, 0.1) is 0 Å². The summed E-state index contributed by atoms with van der Waals surface area (Å²) in [5.74, 6) is 0.0358. The molecule has 7 nitrogen and oxygen atoms in total. The molecule has 7 heteroatoms. The highest BCUT2D eigenvalue weighted by atomic mass is 16.5. The lowest BCUT2D eigenvalue weighted by molar-refractivity contribution is 0.0194. The van der Waals surface area contributed by atoms with Crippen molar-refractivity contribution in [2.45, 2.75) is 12.5 Å². The smallest absolute Gasteiger partial charge is 0.270 e. The maximum atomic E-state index is 12.8. The van der Waals surface area contributed by atoms with Gasteiger partial charge in [-0.15, -0.1) is 0 Å². The van der Waals surface area contributed by atoms with Gasteiger partial charge in [-0.1, -0.05) is 0 Å². The van der Waals surface area contributed by atoms with Crippen molar-refractivity contribution in [3.8, 4) is 11.3 Å². The molecule has 4 rings (SSSR count). The quantitative estimate of drug-likeness (QED) is 0.794. The van der Waals surface area contributed by atoms with Gasteiger partial charge in [0.25, 0.3) is 5.91 Å². The van der Waals surface area contributed by atoms with E-state index in [2.05, 4.69) is 15.2 Å². The zero-order chi connectivity index (χ0) is 16.7. The van der Waals surface area contributed by atoms with Crippen LogP contribution in [-0.4, -0.2) is 56.9 Å². The van der Waals surface area contributed by atoms with Crippen LogP contribution in [0.2, 0.25) is 0 Å². The highest BCUT2D eigenvalue weighted by molar-refractivity contribution is 5.98. The Morgan fingerprint density at radius 1 is 1.46 bits per heavy atom. The Morgan fingerprint density at radius 3 is 3.00 bits per heavy atom. The zero-order valence-electron chi connectivity index (χ0n) is 13.7. The van der Waals surface area contributed by atoms with Gasteiger partial charge in [-0.2, -0.15) is 5.10 Å². The van der Waals surface area contributed by atoms with Gasteiger partial charge in [0.1, 0.15) is 11.3 Å². The topological polar surface area (TPSA) is 76.0 Å². The molecule has 4 heterocycles. The molecular formula is C17H19N5O2. The molecule has 1 atom stereocenters. The average Bonchev–Trinajstić information content (AvgIpc) is 3.20. The van der Waals surface area contributed by atoms with Crippen LogP contribution in [0.3, 0.4) is 0 Å². The van der Waals surface area contributed by atoms with E-state index in [1.54, 1.807) is 19.5 Å². The number of aromatic amines is 1. The molecule has 0 radical (unpaired) electrons. The van der Waals surface area contributed by atoms with Gasteiger partial charge in [-0.3, -0.25) is 9.89 Å². The number of hydrogen-bond acceptors (Lipinski definition) is 4. The van der Waals surface area contributed by atoms with Crippen molar-refractivity contribution < 1.29 is 9.53 Å². The molecule has 1 fully saturated rings. The minimum atomic E-state index is 0.0358. The maximum absolute atomic E-state index is 12.8. The van der Waals surface area contributed by atoms with E-state index in [0.29, 0.717) is 12.3 Å². The number of nitrogens with one attached hydrogen (secondary N) is 1. The molecule has 1 aliphatic rings. The summed E-state index contributed by atoms with van der Waals surface area (Å²) >= 11 is 0. The number of hydrogen-bond donors (Lipinski definition) is 1. The number of nitrogens with zero attached hydrogens (tertiary/aromatic N) is 4. The molecule has 3 aromatic rings. The summed E-state index contributed by atoms with van der Waals surface area (Å²) in [5.41, 5.74) is 3.20. The third kappa shape index (κ3) is 2.28. The number of fused-ring (bicyclic) bond motifs is 1. The largest absolute Gasteiger partial charge is 0.383 e. The number of rotatable bonds is 4. The Morgan fingerprint density at radius 2 is 2.33 bits per heavy atom. The Labute approximate surface area is 139 Å². The Hall–Kier alpha value is -2.67. The molecular weight excluding hydrogens is 306 g/mol. The molecule has 0 aromatic carbocycles. The molecule has 0 bridgehead atoms. The summed E-state index contributed by atoms with van der Waals surface area (Å²) < 4.78 is 7.05. The maximum Gasteiger partial charge on any atom is 0.270 e. The molecule has 124 valence electrons. The van der Waals surface area contributed by atoms with E-state index in [1.165, 1.54) is 0 Å². The summed E-state index contributed by atoms with van der Waals surface area (Å²) in [6, 6.07) is 6.02. The number of H-pyrrole nitrogens is 1. The first kappa shape index (κ1) is 14.9. The van der Waals surface area contributed by atoms with E-state index < -0.39 is 0 Å². The van der Waals surface area contributed by atoms with Crippen LogP contribution >= 0.6 is 0 Å². The molecule has 1 aliphatic heterocycles. The molecule has 0 saturated carbocycles. The van der Waals surface area contributed by atoms with Crippen molar-refractivity contribution >= 4 is 16.9 Å². The molecule has 0 unspecified atom stereocenters. The molecule has 3 aromatic heterocycles. The van der Waals surface area contributed by atoms with Crippen molar-refractivity contribution in [3.05, 3.63) is 36.3 Å². The monoisotopic (exact) mass is 325 g/mol. The Kier molecular flexibility index (Phi) is 3.57. The lowest BCUT2D eigenvalue weighted by atomic mass is 10.0. The predicted molar refractivity (Wildman–Crippen MR) is 89.6 cm³/mol. The van der Waals surface area contributed by atoms with Crippen LogP contribution in [0.25, 0.3) is 22.3 Å². The van der Waals surface area contributed by atoms with Crippen LogP contribution < -0.4 is 0 Å². The van der Waals surface area contributed by atoms with Gasteiger partial charge >= 0.3 is 0 Å². The van der Waals surface area contributed by atoms with E-state index in [4.69, 9.17) is 4.74 Å².